The first-order valence-corrected chi connectivity index (χ1v) is 8.31. The van der Waals surface area contributed by atoms with E-state index in [4.69, 9.17) is 14.2 Å². The summed E-state index contributed by atoms with van der Waals surface area (Å²) in [6, 6.07) is 4.14. The second-order valence-corrected chi connectivity index (χ2v) is 6.18. The van der Waals surface area contributed by atoms with Gasteiger partial charge >= 0.3 is 0 Å². The smallest absolute Gasteiger partial charge is 0.234 e. The van der Waals surface area contributed by atoms with Crippen LogP contribution in [0.25, 0.3) is 0 Å². The first kappa shape index (κ1) is 18.5. The molecule has 6 nitrogen and oxygen atoms in total. The Bertz CT molecular complexity index is 527. The molecule has 0 aliphatic carbocycles. The molecule has 1 heterocycles. The third kappa shape index (κ3) is 4.85. The molecule has 1 aliphatic rings. The summed E-state index contributed by atoms with van der Waals surface area (Å²) < 4.78 is 15.8. The standard InChI is InChI=1S/C18H28N2O4/c1-13(12-22-2)19-18(21)11-20-7-5-14-9-16(23-3)17(24-4)10-15(14)6-8-20/h9-10,13H,5-8,11-12H2,1-4H3,(H,19,21). The first-order valence-electron chi connectivity index (χ1n) is 8.31. The minimum Gasteiger partial charge on any atom is -0.493 e. The zero-order valence-corrected chi connectivity index (χ0v) is 15.1. The minimum absolute atomic E-state index is 0.0280. The molecule has 134 valence electrons. The van der Waals surface area contributed by atoms with Crippen LogP contribution in [0, 0.1) is 0 Å². The molecule has 0 saturated heterocycles. The summed E-state index contributed by atoms with van der Waals surface area (Å²) in [5, 5.41) is 2.96. The molecule has 0 spiro atoms. The van der Waals surface area contributed by atoms with Gasteiger partial charge in [0.25, 0.3) is 0 Å². The van der Waals surface area contributed by atoms with Crippen LogP contribution in [0.3, 0.4) is 0 Å². The second-order valence-electron chi connectivity index (χ2n) is 6.18. The molecule has 0 aromatic heterocycles. The van der Waals surface area contributed by atoms with Gasteiger partial charge in [0.2, 0.25) is 5.91 Å². The SMILES string of the molecule is COCC(C)NC(=O)CN1CCc2cc(OC)c(OC)cc2CC1. The fraction of sp³-hybridized carbons (Fsp3) is 0.611. The van der Waals surface area contributed by atoms with E-state index in [9.17, 15) is 4.79 Å². The Hall–Kier alpha value is -1.79. The highest BCUT2D eigenvalue weighted by atomic mass is 16.5. The molecule has 1 aromatic rings. The van der Waals surface area contributed by atoms with Gasteiger partial charge in [-0.3, -0.25) is 9.69 Å². The predicted octanol–water partition coefficient (Wildman–Crippen LogP) is 1.26. The van der Waals surface area contributed by atoms with Crippen LogP contribution in [-0.2, 0) is 22.4 Å². The lowest BCUT2D eigenvalue weighted by molar-refractivity contribution is -0.123. The number of ether oxygens (including phenoxy) is 3. The van der Waals surface area contributed by atoms with Crippen LogP contribution < -0.4 is 14.8 Å². The minimum atomic E-state index is 0.0280. The fourth-order valence-electron chi connectivity index (χ4n) is 3.07. The summed E-state index contributed by atoms with van der Waals surface area (Å²) in [5.74, 6) is 1.56. The van der Waals surface area contributed by atoms with Crippen molar-refractivity contribution in [3.8, 4) is 11.5 Å². The summed E-state index contributed by atoms with van der Waals surface area (Å²) in [6.07, 6.45) is 1.80. The van der Waals surface area contributed by atoms with E-state index in [0.29, 0.717) is 13.2 Å². The van der Waals surface area contributed by atoms with Crippen LogP contribution in [0.5, 0.6) is 11.5 Å². The maximum absolute atomic E-state index is 12.1. The average Bonchev–Trinajstić information content (AvgIpc) is 2.75. The van der Waals surface area contributed by atoms with Crippen molar-refractivity contribution in [2.24, 2.45) is 0 Å². The van der Waals surface area contributed by atoms with E-state index in [1.165, 1.54) is 11.1 Å². The van der Waals surface area contributed by atoms with Gasteiger partial charge in [0.1, 0.15) is 0 Å². The third-order valence-corrected chi connectivity index (χ3v) is 4.29. The highest BCUT2D eigenvalue weighted by molar-refractivity contribution is 5.78. The highest BCUT2D eigenvalue weighted by Crippen LogP contribution is 2.32. The van der Waals surface area contributed by atoms with Gasteiger partial charge < -0.3 is 19.5 Å². The number of nitrogens with one attached hydrogen (secondary N) is 1. The number of benzene rings is 1. The third-order valence-electron chi connectivity index (χ3n) is 4.29. The number of nitrogens with zero attached hydrogens (tertiary/aromatic N) is 1. The monoisotopic (exact) mass is 336 g/mol. The Morgan fingerprint density at radius 1 is 1.12 bits per heavy atom. The van der Waals surface area contributed by atoms with E-state index in [-0.39, 0.29) is 11.9 Å². The number of carbonyl (C=O) groups excluding carboxylic acids is 1. The Kier molecular flexibility index (Phi) is 6.87. The molecule has 1 aliphatic heterocycles. The van der Waals surface area contributed by atoms with Gasteiger partial charge in [0.05, 0.1) is 27.4 Å². The fourth-order valence-corrected chi connectivity index (χ4v) is 3.07. The number of carbonyl (C=O) groups is 1. The van der Waals surface area contributed by atoms with Crippen molar-refractivity contribution < 1.29 is 19.0 Å². The number of hydrogen-bond donors (Lipinski definition) is 1. The summed E-state index contributed by atoms with van der Waals surface area (Å²) in [6.45, 7) is 4.59. The van der Waals surface area contributed by atoms with E-state index < -0.39 is 0 Å². The second kappa shape index (κ2) is 8.89. The van der Waals surface area contributed by atoms with Crippen LogP contribution >= 0.6 is 0 Å². The molecule has 2 rings (SSSR count). The largest absolute Gasteiger partial charge is 0.493 e. The molecule has 0 radical (unpaired) electrons. The Morgan fingerprint density at radius 3 is 2.12 bits per heavy atom. The number of fused-ring (bicyclic) bond motifs is 1. The lowest BCUT2D eigenvalue weighted by atomic mass is 10.0. The maximum Gasteiger partial charge on any atom is 0.234 e. The van der Waals surface area contributed by atoms with Crippen LogP contribution in [0.2, 0.25) is 0 Å². The Balaban J connectivity index is 1.96. The highest BCUT2D eigenvalue weighted by Gasteiger charge is 2.19. The number of rotatable bonds is 7. The molecule has 24 heavy (non-hydrogen) atoms. The average molecular weight is 336 g/mol. The molecule has 1 atom stereocenters. The van der Waals surface area contributed by atoms with E-state index in [1.54, 1.807) is 21.3 Å². The molecule has 6 heteroatoms. The topological polar surface area (TPSA) is 60.0 Å². The molecular formula is C18H28N2O4. The number of amides is 1. The van der Waals surface area contributed by atoms with Gasteiger partial charge in [0, 0.05) is 26.2 Å². The Morgan fingerprint density at radius 2 is 1.67 bits per heavy atom. The molecule has 1 amide bonds. The van der Waals surface area contributed by atoms with Crippen molar-refractivity contribution in [1.82, 2.24) is 10.2 Å². The van der Waals surface area contributed by atoms with E-state index in [1.807, 2.05) is 6.92 Å². The van der Waals surface area contributed by atoms with E-state index in [2.05, 4.69) is 22.3 Å². The normalized spacial score (nSPS) is 16.0. The van der Waals surface area contributed by atoms with E-state index >= 15 is 0 Å². The first-order chi connectivity index (χ1) is 11.6. The number of hydrogen-bond acceptors (Lipinski definition) is 5. The van der Waals surface area contributed by atoms with E-state index in [0.717, 1.165) is 37.4 Å². The van der Waals surface area contributed by atoms with Crippen molar-refractivity contribution in [3.05, 3.63) is 23.3 Å². The van der Waals surface area contributed by atoms with Crippen molar-refractivity contribution in [2.45, 2.75) is 25.8 Å². The van der Waals surface area contributed by atoms with Gasteiger partial charge in [-0.15, -0.1) is 0 Å². The zero-order valence-electron chi connectivity index (χ0n) is 15.1. The summed E-state index contributed by atoms with van der Waals surface area (Å²) in [5.41, 5.74) is 2.53. The Labute approximate surface area is 144 Å². The maximum atomic E-state index is 12.1. The number of methoxy groups -OCH3 is 3. The van der Waals surface area contributed by atoms with Crippen molar-refractivity contribution in [3.63, 3.8) is 0 Å². The molecule has 1 N–H and O–H groups in total. The molecule has 0 bridgehead atoms. The van der Waals surface area contributed by atoms with Crippen LogP contribution in [-0.4, -0.2) is 64.4 Å². The predicted molar refractivity (Wildman–Crippen MR) is 92.9 cm³/mol. The summed E-state index contributed by atoms with van der Waals surface area (Å²) in [4.78, 5) is 14.3. The van der Waals surface area contributed by atoms with Gasteiger partial charge in [0.15, 0.2) is 11.5 Å². The zero-order chi connectivity index (χ0) is 17.5. The molecule has 0 saturated carbocycles. The van der Waals surface area contributed by atoms with Gasteiger partial charge in [-0.05, 0) is 43.0 Å². The van der Waals surface area contributed by atoms with Gasteiger partial charge in [-0.1, -0.05) is 0 Å². The lowest BCUT2D eigenvalue weighted by Crippen LogP contribution is -2.43. The van der Waals surface area contributed by atoms with Crippen LogP contribution in [0.1, 0.15) is 18.1 Å². The molecular weight excluding hydrogens is 308 g/mol. The van der Waals surface area contributed by atoms with Gasteiger partial charge in [-0.2, -0.15) is 0 Å². The molecule has 1 unspecified atom stereocenters. The van der Waals surface area contributed by atoms with Crippen molar-refractivity contribution >= 4 is 5.91 Å². The van der Waals surface area contributed by atoms with Crippen LogP contribution in [0.4, 0.5) is 0 Å². The summed E-state index contributed by atoms with van der Waals surface area (Å²) >= 11 is 0. The summed E-state index contributed by atoms with van der Waals surface area (Å²) in [7, 11) is 4.94. The molecule has 1 aromatic carbocycles. The quantitative estimate of drug-likeness (QED) is 0.812. The van der Waals surface area contributed by atoms with Crippen molar-refractivity contribution in [1.29, 1.82) is 0 Å². The van der Waals surface area contributed by atoms with Crippen molar-refractivity contribution in [2.75, 3.05) is 47.6 Å². The molecule has 0 fully saturated rings. The lowest BCUT2D eigenvalue weighted by Gasteiger charge is -2.20. The van der Waals surface area contributed by atoms with Crippen LogP contribution in [0.15, 0.2) is 12.1 Å². The van der Waals surface area contributed by atoms with Gasteiger partial charge in [-0.25, -0.2) is 0 Å².